The van der Waals surface area contributed by atoms with Crippen LogP contribution in [0.4, 0.5) is 9.18 Å². The van der Waals surface area contributed by atoms with E-state index in [1.165, 1.54) is 12.4 Å². The molecule has 8 nitrogen and oxygen atoms in total. The molecule has 1 atom stereocenters. The van der Waals surface area contributed by atoms with E-state index >= 15 is 0 Å². The molecule has 0 aliphatic carbocycles. The molecular weight excluding hydrogens is 459 g/mol. The van der Waals surface area contributed by atoms with E-state index in [9.17, 15) is 9.18 Å². The van der Waals surface area contributed by atoms with E-state index in [1.54, 1.807) is 30.2 Å². The lowest BCUT2D eigenvalue weighted by molar-refractivity contribution is 0.0804. The number of piperazine rings is 1. The molecule has 1 aromatic carbocycles. The molecule has 1 fully saturated rings. The lowest BCUT2D eigenvalue weighted by Gasteiger charge is -2.35. The van der Waals surface area contributed by atoms with E-state index in [0.29, 0.717) is 36.7 Å². The predicted molar refractivity (Wildman–Crippen MR) is 126 cm³/mol. The van der Waals surface area contributed by atoms with Crippen molar-refractivity contribution in [3.63, 3.8) is 0 Å². The zero-order chi connectivity index (χ0) is 23.7. The number of nitrogens with zero attached hydrogens (tertiary/aromatic N) is 5. The highest BCUT2D eigenvalue weighted by molar-refractivity contribution is 6.30. The summed E-state index contributed by atoms with van der Waals surface area (Å²) in [4.78, 5) is 28.1. The van der Waals surface area contributed by atoms with Gasteiger partial charge in [0.15, 0.2) is 0 Å². The minimum Gasteiger partial charge on any atom is -0.450 e. The third kappa shape index (κ3) is 3.97. The summed E-state index contributed by atoms with van der Waals surface area (Å²) in [5.41, 5.74) is 3.44. The number of pyridine rings is 1. The van der Waals surface area contributed by atoms with Crippen molar-refractivity contribution in [2.75, 3.05) is 26.2 Å². The third-order valence-corrected chi connectivity index (χ3v) is 6.09. The highest BCUT2D eigenvalue weighted by Gasteiger charge is 2.33. The Bertz CT molecular complexity index is 1350. The summed E-state index contributed by atoms with van der Waals surface area (Å²) in [6.45, 7) is 3.73. The molecule has 1 amide bonds. The lowest BCUT2D eigenvalue weighted by atomic mass is 10.0. The van der Waals surface area contributed by atoms with E-state index in [1.807, 2.05) is 29.0 Å². The quantitative estimate of drug-likeness (QED) is 0.466. The Hall–Kier alpha value is -3.56. The number of hydrogen-bond acceptors (Lipinski definition) is 6. The van der Waals surface area contributed by atoms with Crippen LogP contribution in [0.5, 0.6) is 0 Å². The highest BCUT2D eigenvalue weighted by atomic mass is 35.5. The lowest BCUT2D eigenvalue weighted by Crippen LogP contribution is -2.49. The first kappa shape index (κ1) is 22.2. The number of halogens is 2. The van der Waals surface area contributed by atoms with Crippen molar-refractivity contribution in [1.29, 1.82) is 0 Å². The molecule has 0 spiro atoms. The van der Waals surface area contributed by atoms with Crippen LogP contribution in [0.2, 0.25) is 5.02 Å². The van der Waals surface area contributed by atoms with Gasteiger partial charge in [-0.15, -0.1) is 0 Å². The Morgan fingerprint density at radius 3 is 2.91 bits per heavy atom. The van der Waals surface area contributed by atoms with Gasteiger partial charge in [0.05, 0.1) is 34.4 Å². The van der Waals surface area contributed by atoms with E-state index in [4.69, 9.17) is 16.3 Å². The first-order valence-corrected chi connectivity index (χ1v) is 11.3. The monoisotopic (exact) mass is 480 g/mol. The maximum Gasteiger partial charge on any atom is 0.410 e. The van der Waals surface area contributed by atoms with Crippen molar-refractivity contribution >= 4 is 28.7 Å². The molecule has 1 aliphatic rings. The van der Waals surface area contributed by atoms with Crippen LogP contribution in [-0.2, 0) is 4.74 Å². The van der Waals surface area contributed by atoms with Gasteiger partial charge in [0.2, 0.25) is 0 Å². The number of benzene rings is 1. The summed E-state index contributed by atoms with van der Waals surface area (Å²) in [5.74, 6) is -0.500. The molecule has 34 heavy (non-hydrogen) atoms. The average Bonchev–Trinajstić information content (AvgIpc) is 3.26. The van der Waals surface area contributed by atoms with Gasteiger partial charge >= 0.3 is 6.09 Å². The Balaban J connectivity index is 1.74. The topological polar surface area (TPSA) is 85.2 Å². The van der Waals surface area contributed by atoms with Gasteiger partial charge in [0.25, 0.3) is 0 Å². The molecule has 3 aromatic heterocycles. The summed E-state index contributed by atoms with van der Waals surface area (Å²) >= 11 is 6.08. The van der Waals surface area contributed by atoms with Gasteiger partial charge in [0.1, 0.15) is 17.8 Å². The summed E-state index contributed by atoms with van der Waals surface area (Å²) in [5, 5.41) is 4.11. The molecule has 174 valence electrons. The Kier molecular flexibility index (Phi) is 6.12. The molecule has 0 bridgehead atoms. The molecule has 1 N–H and O–H groups in total. The van der Waals surface area contributed by atoms with E-state index in [0.717, 1.165) is 16.6 Å². The SMILES string of the molecule is CCOC(=O)N1CCNCC1c1ncnc2c1c(-c1ccccn1)cn2-c1ccc(F)c(Cl)c1. The van der Waals surface area contributed by atoms with Gasteiger partial charge in [-0.1, -0.05) is 17.7 Å². The number of nitrogens with one attached hydrogen (secondary N) is 1. The van der Waals surface area contributed by atoms with Crippen LogP contribution in [0, 0.1) is 5.82 Å². The first-order chi connectivity index (χ1) is 16.6. The summed E-state index contributed by atoms with van der Waals surface area (Å²) in [6.07, 6.45) is 4.69. The number of carbonyl (C=O) groups is 1. The van der Waals surface area contributed by atoms with Crippen molar-refractivity contribution in [3.8, 4) is 16.9 Å². The number of ether oxygens (including phenoxy) is 1. The minimum absolute atomic E-state index is 0.0120. The molecule has 0 saturated carbocycles. The first-order valence-electron chi connectivity index (χ1n) is 11.0. The van der Waals surface area contributed by atoms with Crippen molar-refractivity contribution in [2.45, 2.75) is 13.0 Å². The molecular formula is C24H22ClFN6O2. The molecule has 5 rings (SSSR count). The fraction of sp³-hybridized carbons (Fsp3) is 0.250. The normalized spacial score (nSPS) is 16.1. The maximum atomic E-state index is 13.9. The van der Waals surface area contributed by atoms with Gasteiger partial charge in [0, 0.05) is 43.3 Å². The molecule has 4 heterocycles. The summed E-state index contributed by atoms with van der Waals surface area (Å²) < 4.78 is 21.0. The van der Waals surface area contributed by atoms with Crippen LogP contribution >= 0.6 is 11.6 Å². The number of hydrogen-bond donors (Lipinski definition) is 1. The predicted octanol–water partition coefficient (Wildman–Crippen LogP) is 4.38. The van der Waals surface area contributed by atoms with E-state index in [2.05, 4.69) is 20.3 Å². The minimum atomic E-state index is -0.500. The molecule has 1 aliphatic heterocycles. The molecule has 0 radical (unpaired) electrons. The standard InChI is InChI=1S/C24H22ClFN6O2/c1-2-34-24(33)31-10-9-27-12-20(31)22-21-16(19-5-3-4-8-28-19)13-32(23(21)30-14-29-22)15-6-7-18(26)17(25)11-15/h3-8,11,13-14,20,27H,2,9-10,12H2,1H3. The Morgan fingerprint density at radius 2 is 2.15 bits per heavy atom. The number of rotatable bonds is 4. The zero-order valence-electron chi connectivity index (χ0n) is 18.4. The van der Waals surface area contributed by atoms with Crippen LogP contribution in [-0.4, -0.2) is 56.8 Å². The Labute approximate surface area is 200 Å². The molecule has 10 heteroatoms. The van der Waals surface area contributed by atoms with Gasteiger partial charge in [-0.2, -0.15) is 0 Å². The fourth-order valence-electron chi connectivity index (χ4n) is 4.26. The number of aromatic nitrogens is 4. The largest absolute Gasteiger partial charge is 0.450 e. The second-order valence-corrected chi connectivity index (χ2v) is 8.20. The van der Waals surface area contributed by atoms with Gasteiger partial charge in [-0.25, -0.2) is 19.2 Å². The second kappa shape index (κ2) is 9.36. The van der Waals surface area contributed by atoms with Gasteiger partial charge in [-0.05, 0) is 37.3 Å². The fourth-order valence-corrected chi connectivity index (χ4v) is 4.43. The van der Waals surface area contributed by atoms with Crippen LogP contribution in [0.25, 0.3) is 28.0 Å². The average molecular weight is 481 g/mol. The second-order valence-electron chi connectivity index (χ2n) is 7.80. The van der Waals surface area contributed by atoms with Crippen molar-refractivity contribution in [3.05, 3.63) is 71.7 Å². The molecule has 4 aromatic rings. The zero-order valence-corrected chi connectivity index (χ0v) is 19.2. The number of carbonyl (C=O) groups excluding carboxylic acids is 1. The maximum absolute atomic E-state index is 13.9. The van der Waals surface area contributed by atoms with Gasteiger partial charge in [-0.3, -0.25) is 9.88 Å². The van der Waals surface area contributed by atoms with Crippen molar-refractivity contribution < 1.29 is 13.9 Å². The summed E-state index contributed by atoms with van der Waals surface area (Å²) in [7, 11) is 0. The van der Waals surface area contributed by atoms with Crippen LogP contribution in [0.15, 0.2) is 55.1 Å². The number of fused-ring (bicyclic) bond motifs is 1. The molecule has 1 saturated heterocycles. The van der Waals surface area contributed by atoms with Crippen molar-refractivity contribution in [2.24, 2.45) is 0 Å². The molecule has 1 unspecified atom stereocenters. The van der Waals surface area contributed by atoms with Crippen molar-refractivity contribution in [1.82, 2.24) is 29.7 Å². The van der Waals surface area contributed by atoms with E-state index in [-0.39, 0.29) is 23.8 Å². The highest BCUT2D eigenvalue weighted by Crippen LogP contribution is 2.36. The summed E-state index contributed by atoms with van der Waals surface area (Å²) in [6, 6.07) is 9.78. The third-order valence-electron chi connectivity index (χ3n) is 5.80. The van der Waals surface area contributed by atoms with Crippen LogP contribution in [0.3, 0.4) is 0 Å². The number of amides is 1. The Morgan fingerprint density at radius 1 is 1.26 bits per heavy atom. The van der Waals surface area contributed by atoms with Crippen LogP contribution < -0.4 is 5.32 Å². The van der Waals surface area contributed by atoms with E-state index < -0.39 is 5.82 Å². The van der Waals surface area contributed by atoms with Crippen LogP contribution in [0.1, 0.15) is 18.7 Å². The van der Waals surface area contributed by atoms with Gasteiger partial charge < -0.3 is 14.6 Å². The smallest absolute Gasteiger partial charge is 0.410 e.